The fourth-order valence-electron chi connectivity index (χ4n) is 3.46. The first-order valence-electron chi connectivity index (χ1n) is 8.67. The van der Waals surface area contributed by atoms with Crippen molar-refractivity contribution in [3.05, 3.63) is 68.4 Å². The summed E-state index contributed by atoms with van der Waals surface area (Å²) in [6.45, 7) is -0.510. The number of amides is 1. The van der Waals surface area contributed by atoms with Crippen LogP contribution in [0.2, 0.25) is 0 Å². The van der Waals surface area contributed by atoms with Crippen molar-refractivity contribution in [2.24, 2.45) is 0 Å². The van der Waals surface area contributed by atoms with Crippen molar-refractivity contribution in [2.45, 2.75) is 6.04 Å². The van der Waals surface area contributed by atoms with E-state index in [0.717, 1.165) is 10.0 Å². The van der Waals surface area contributed by atoms with E-state index < -0.39 is 41.3 Å². The summed E-state index contributed by atoms with van der Waals surface area (Å²) >= 11 is 3.37. The van der Waals surface area contributed by atoms with Gasteiger partial charge >= 0.3 is 5.97 Å². The monoisotopic (exact) mass is 458 g/mol. The molecule has 0 saturated carbocycles. The van der Waals surface area contributed by atoms with Gasteiger partial charge in [0.2, 0.25) is 0 Å². The summed E-state index contributed by atoms with van der Waals surface area (Å²) in [4.78, 5) is 36.6. The number of carbonyl (C=O) groups is 2. The fourth-order valence-corrected chi connectivity index (χ4v) is 3.72. The largest absolute Gasteiger partial charge is 0.506 e. The summed E-state index contributed by atoms with van der Waals surface area (Å²) in [6.07, 6.45) is 0. The second-order valence-electron chi connectivity index (χ2n) is 6.51. The lowest BCUT2D eigenvalue weighted by Crippen LogP contribution is -2.39. The van der Waals surface area contributed by atoms with Gasteiger partial charge in [0, 0.05) is 9.86 Å². The van der Waals surface area contributed by atoms with Crippen LogP contribution in [0.4, 0.5) is 0 Å². The van der Waals surface area contributed by atoms with Gasteiger partial charge in [0.25, 0.3) is 11.5 Å². The molecule has 1 aromatic heterocycles. The highest BCUT2D eigenvalue weighted by Crippen LogP contribution is 2.38. The number of pyridine rings is 1. The van der Waals surface area contributed by atoms with E-state index >= 15 is 0 Å². The highest BCUT2D eigenvalue weighted by molar-refractivity contribution is 9.10. The molecule has 3 aromatic rings. The average molecular weight is 459 g/mol. The number of benzene rings is 2. The predicted molar refractivity (Wildman–Crippen MR) is 108 cm³/mol. The van der Waals surface area contributed by atoms with E-state index in [4.69, 9.17) is 9.84 Å². The number of nitrogens with zero attached hydrogens (tertiary/aromatic N) is 1. The van der Waals surface area contributed by atoms with Crippen molar-refractivity contribution in [2.75, 3.05) is 13.2 Å². The maximum Gasteiger partial charge on any atom is 0.322 e. The number of aliphatic carboxylic acids is 1. The van der Waals surface area contributed by atoms with Crippen LogP contribution >= 0.6 is 15.9 Å². The van der Waals surface area contributed by atoms with Gasteiger partial charge in [0.15, 0.2) is 0 Å². The number of carbonyl (C=O) groups excluding carboxylic acids is 1. The second kappa shape index (κ2) is 7.25. The summed E-state index contributed by atoms with van der Waals surface area (Å²) in [5.74, 6) is -2.30. The van der Waals surface area contributed by atoms with E-state index in [1.807, 2.05) is 24.3 Å². The molecule has 0 radical (unpaired) electrons. The number of nitrogens with one attached hydrogen (secondary N) is 1. The average Bonchev–Trinajstić information content (AvgIpc) is 2.70. The summed E-state index contributed by atoms with van der Waals surface area (Å²) in [7, 11) is 0. The van der Waals surface area contributed by atoms with Crippen LogP contribution in [-0.2, 0) is 4.79 Å². The Hall–Kier alpha value is -3.33. The minimum atomic E-state index is -1.26. The molecule has 4 rings (SSSR count). The third-order valence-corrected chi connectivity index (χ3v) is 5.28. The SMILES string of the molecule is O=C(O)CNC(=O)c1c(O)c2cccc3c2n(c1=O)C(c1ccc(Br)cc1)CO3. The number of aromatic hydroxyl groups is 1. The quantitative estimate of drug-likeness (QED) is 0.551. The highest BCUT2D eigenvalue weighted by atomic mass is 79.9. The van der Waals surface area contributed by atoms with Crippen molar-refractivity contribution in [3.63, 3.8) is 0 Å². The lowest BCUT2D eigenvalue weighted by molar-refractivity contribution is -0.135. The standard InChI is InChI=1S/C20H15BrN2O6/c21-11-6-4-10(5-7-11)13-9-29-14-3-1-2-12-17(14)23(13)20(28)16(18(12)26)19(27)22-8-15(24)25/h1-7,13,26H,8-9H2,(H,22,27)(H,24,25). The highest BCUT2D eigenvalue weighted by Gasteiger charge is 2.31. The Morgan fingerprint density at radius 1 is 1.21 bits per heavy atom. The van der Waals surface area contributed by atoms with Gasteiger partial charge in [-0.1, -0.05) is 34.1 Å². The van der Waals surface area contributed by atoms with Crippen molar-refractivity contribution >= 4 is 38.7 Å². The molecule has 1 unspecified atom stereocenters. The van der Waals surface area contributed by atoms with Crippen LogP contribution in [0.15, 0.2) is 51.7 Å². The second-order valence-corrected chi connectivity index (χ2v) is 7.42. The summed E-state index contributed by atoms with van der Waals surface area (Å²) in [5.41, 5.74) is -0.0564. The van der Waals surface area contributed by atoms with Crippen LogP contribution in [0.1, 0.15) is 22.0 Å². The molecule has 29 heavy (non-hydrogen) atoms. The van der Waals surface area contributed by atoms with Crippen LogP contribution in [0.25, 0.3) is 10.9 Å². The first-order chi connectivity index (χ1) is 13.9. The molecule has 2 aromatic carbocycles. The smallest absolute Gasteiger partial charge is 0.322 e. The van der Waals surface area contributed by atoms with Gasteiger partial charge in [-0.15, -0.1) is 0 Å². The number of halogens is 1. The first kappa shape index (κ1) is 19.0. The van der Waals surface area contributed by atoms with Gasteiger partial charge in [-0.2, -0.15) is 0 Å². The third kappa shape index (κ3) is 3.23. The number of aromatic nitrogens is 1. The molecule has 0 fully saturated rings. The normalized spacial score (nSPS) is 15.0. The Balaban J connectivity index is 1.97. The maximum atomic E-state index is 13.3. The predicted octanol–water partition coefficient (Wildman–Crippen LogP) is 2.27. The summed E-state index contributed by atoms with van der Waals surface area (Å²) < 4.78 is 8.12. The number of hydrogen-bond donors (Lipinski definition) is 3. The minimum Gasteiger partial charge on any atom is -0.506 e. The lowest BCUT2D eigenvalue weighted by Gasteiger charge is -2.29. The van der Waals surface area contributed by atoms with Crippen LogP contribution in [-0.4, -0.2) is 39.8 Å². The molecule has 3 N–H and O–H groups in total. The van der Waals surface area contributed by atoms with Crippen molar-refractivity contribution in [3.8, 4) is 11.5 Å². The van der Waals surface area contributed by atoms with Gasteiger partial charge in [0.1, 0.15) is 30.2 Å². The molecule has 0 aliphatic carbocycles. The molecule has 148 valence electrons. The number of carboxylic acids is 1. The van der Waals surface area contributed by atoms with Gasteiger partial charge in [-0.05, 0) is 29.8 Å². The molecule has 2 heterocycles. The van der Waals surface area contributed by atoms with Gasteiger partial charge in [0.05, 0.1) is 11.6 Å². The Bertz CT molecular complexity index is 1200. The molecule has 1 atom stereocenters. The zero-order chi connectivity index (χ0) is 20.7. The maximum absolute atomic E-state index is 13.3. The first-order valence-corrected chi connectivity index (χ1v) is 9.46. The molecule has 1 aliphatic rings. The zero-order valence-corrected chi connectivity index (χ0v) is 16.5. The number of carboxylic acid groups (broad SMARTS) is 1. The Morgan fingerprint density at radius 3 is 2.62 bits per heavy atom. The van der Waals surface area contributed by atoms with Crippen LogP contribution in [0.3, 0.4) is 0 Å². The molecule has 0 spiro atoms. The molecule has 8 nitrogen and oxygen atoms in total. The Labute approximate surface area is 172 Å². The zero-order valence-electron chi connectivity index (χ0n) is 14.9. The van der Waals surface area contributed by atoms with E-state index in [-0.39, 0.29) is 12.0 Å². The van der Waals surface area contributed by atoms with Gasteiger partial charge in [-0.3, -0.25) is 19.0 Å². The van der Waals surface area contributed by atoms with Crippen LogP contribution in [0.5, 0.6) is 11.5 Å². The molecule has 1 aliphatic heterocycles. The van der Waals surface area contributed by atoms with Crippen molar-refractivity contribution in [1.82, 2.24) is 9.88 Å². The van der Waals surface area contributed by atoms with Crippen molar-refractivity contribution in [1.29, 1.82) is 0 Å². The molecular formula is C20H15BrN2O6. The lowest BCUT2D eigenvalue weighted by atomic mass is 10.0. The van der Waals surface area contributed by atoms with Crippen LogP contribution in [0, 0.1) is 0 Å². The third-order valence-electron chi connectivity index (χ3n) is 4.75. The van der Waals surface area contributed by atoms with Crippen LogP contribution < -0.4 is 15.6 Å². The number of ether oxygens (including phenoxy) is 1. The topological polar surface area (TPSA) is 118 Å². The number of hydrogen-bond acceptors (Lipinski definition) is 5. The van der Waals surface area contributed by atoms with Gasteiger partial charge < -0.3 is 20.3 Å². The van der Waals surface area contributed by atoms with E-state index in [0.29, 0.717) is 11.3 Å². The van der Waals surface area contributed by atoms with E-state index in [1.165, 1.54) is 4.57 Å². The van der Waals surface area contributed by atoms with E-state index in [9.17, 15) is 19.5 Å². The fraction of sp³-hybridized carbons (Fsp3) is 0.150. The van der Waals surface area contributed by atoms with Gasteiger partial charge in [-0.25, -0.2) is 0 Å². The Kier molecular flexibility index (Phi) is 4.75. The molecule has 0 saturated heterocycles. The minimum absolute atomic E-state index is 0.161. The van der Waals surface area contributed by atoms with E-state index in [1.54, 1.807) is 18.2 Å². The Morgan fingerprint density at radius 2 is 1.93 bits per heavy atom. The van der Waals surface area contributed by atoms with E-state index in [2.05, 4.69) is 21.2 Å². The van der Waals surface area contributed by atoms with Crippen molar-refractivity contribution < 1.29 is 24.5 Å². The molecule has 9 heteroatoms. The summed E-state index contributed by atoms with van der Waals surface area (Å²) in [6, 6.07) is 11.7. The molecular weight excluding hydrogens is 444 g/mol. The number of rotatable bonds is 4. The molecule has 0 bridgehead atoms. The number of para-hydroxylation sites is 1. The molecule has 1 amide bonds. The summed E-state index contributed by atoms with van der Waals surface area (Å²) in [5, 5.41) is 21.9.